The summed E-state index contributed by atoms with van der Waals surface area (Å²) in [7, 11) is 0. The van der Waals surface area contributed by atoms with Gasteiger partial charge in [-0.3, -0.25) is 0 Å². The molecule has 0 N–H and O–H groups in total. The molecule has 0 aliphatic rings. The molecule has 0 atom stereocenters. The fourth-order valence-corrected chi connectivity index (χ4v) is 2.80. The molecule has 1 heterocycles. The van der Waals surface area contributed by atoms with Crippen LogP contribution in [0.4, 0.5) is 0 Å². The predicted octanol–water partition coefficient (Wildman–Crippen LogP) is 4.41. The van der Waals surface area contributed by atoms with Gasteiger partial charge in [0.15, 0.2) is 5.82 Å². The standard InChI is InChI=1S/C19H29N4/c1-2-3-4-12-17-23-19(20-21-22-23)16-11-6-5-8-13-18-14-9-7-10-15-18/h7,9-10,14-15H,1-6,8,11-13,16-17H2. The van der Waals surface area contributed by atoms with Gasteiger partial charge in [0.2, 0.25) is 0 Å². The molecule has 1 aromatic carbocycles. The van der Waals surface area contributed by atoms with Crippen LogP contribution >= 0.6 is 0 Å². The maximum atomic E-state index is 4.17. The Labute approximate surface area is 140 Å². The summed E-state index contributed by atoms with van der Waals surface area (Å²) in [5.41, 5.74) is 1.44. The lowest BCUT2D eigenvalue weighted by atomic mass is 10.1. The fourth-order valence-electron chi connectivity index (χ4n) is 2.80. The van der Waals surface area contributed by atoms with E-state index in [0.717, 1.165) is 31.6 Å². The average Bonchev–Trinajstić information content (AvgIpc) is 3.03. The van der Waals surface area contributed by atoms with E-state index in [9.17, 15) is 0 Å². The molecular formula is C19H29N4. The maximum absolute atomic E-state index is 4.17. The Morgan fingerprint density at radius 3 is 2.35 bits per heavy atom. The predicted molar refractivity (Wildman–Crippen MR) is 94.0 cm³/mol. The highest BCUT2D eigenvalue weighted by molar-refractivity contribution is 5.14. The first-order valence-corrected chi connectivity index (χ1v) is 8.98. The molecule has 2 aromatic rings. The van der Waals surface area contributed by atoms with E-state index in [1.54, 1.807) is 0 Å². The average molecular weight is 313 g/mol. The van der Waals surface area contributed by atoms with E-state index in [2.05, 4.69) is 52.8 Å². The zero-order valence-electron chi connectivity index (χ0n) is 14.2. The van der Waals surface area contributed by atoms with Crippen molar-refractivity contribution in [3.05, 3.63) is 48.6 Å². The van der Waals surface area contributed by atoms with Gasteiger partial charge in [0.1, 0.15) is 0 Å². The Morgan fingerprint density at radius 1 is 0.826 bits per heavy atom. The Morgan fingerprint density at radius 2 is 1.57 bits per heavy atom. The van der Waals surface area contributed by atoms with Crippen molar-refractivity contribution in [2.45, 2.75) is 70.8 Å². The lowest BCUT2D eigenvalue weighted by Gasteiger charge is -2.05. The van der Waals surface area contributed by atoms with Gasteiger partial charge in [-0.1, -0.05) is 69.4 Å². The molecule has 1 radical (unpaired) electrons. The lowest BCUT2D eigenvalue weighted by Crippen LogP contribution is -2.06. The summed E-state index contributed by atoms with van der Waals surface area (Å²) in [5, 5.41) is 12.1. The molecule has 0 bridgehead atoms. The van der Waals surface area contributed by atoms with Crippen molar-refractivity contribution >= 4 is 0 Å². The van der Waals surface area contributed by atoms with Gasteiger partial charge in [-0.25, -0.2) is 4.68 Å². The zero-order chi connectivity index (χ0) is 16.2. The summed E-state index contributed by atoms with van der Waals surface area (Å²) in [5.74, 6) is 1.04. The van der Waals surface area contributed by atoms with Gasteiger partial charge in [0, 0.05) is 13.0 Å². The first-order valence-electron chi connectivity index (χ1n) is 8.98. The van der Waals surface area contributed by atoms with Crippen LogP contribution in [0.2, 0.25) is 0 Å². The number of aromatic nitrogens is 4. The van der Waals surface area contributed by atoms with Crippen molar-refractivity contribution in [2.24, 2.45) is 0 Å². The quantitative estimate of drug-likeness (QED) is 0.545. The molecular weight excluding hydrogens is 284 g/mol. The van der Waals surface area contributed by atoms with E-state index >= 15 is 0 Å². The number of hydrogen-bond donors (Lipinski definition) is 0. The van der Waals surface area contributed by atoms with Crippen LogP contribution in [0.15, 0.2) is 30.3 Å². The van der Waals surface area contributed by atoms with Crippen LogP contribution in [-0.2, 0) is 19.4 Å². The van der Waals surface area contributed by atoms with Gasteiger partial charge in [0.25, 0.3) is 0 Å². The minimum atomic E-state index is 0.941. The molecule has 2 rings (SSSR count). The lowest BCUT2D eigenvalue weighted by molar-refractivity contribution is 0.507. The molecule has 0 aliphatic carbocycles. The molecule has 0 saturated carbocycles. The second-order valence-corrected chi connectivity index (χ2v) is 6.13. The van der Waals surface area contributed by atoms with Crippen LogP contribution in [0.1, 0.15) is 62.8 Å². The second kappa shape index (κ2) is 10.9. The monoisotopic (exact) mass is 313 g/mol. The Bertz CT molecular complexity index is 521. The summed E-state index contributed by atoms with van der Waals surface area (Å²) in [6.45, 7) is 4.82. The summed E-state index contributed by atoms with van der Waals surface area (Å²) in [6, 6.07) is 10.7. The van der Waals surface area contributed by atoms with E-state index in [-0.39, 0.29) is 0 Å². The normalized spacial score (nSPS) is 11.0. The zero-order valence-corrected chi connectivity index (χ0v) is 14.2. The Hall–Kier alpha value is -1.71. The molecule has 0 spiro atoms. The highest BCUT2D eigenvalue weighted by Crippen LogP contribution is 2.10. The molecule has 23 heavy (non-hydrogen) atoms. The maximum Gasteiger partial charge on any atom is 0.151 e. The van der Waals surface area contributed by atoms with Crippen LogP contribution in [-0.4, -0.2) is 20.2 Å². The molecule has 0 fully saturated rings. The van der Waals surface area contributed by atoms with Crippen LogP contribution < -0.4 is 0 Å². The number of rotatable bonds is 12. The first kappa shape index (κ1) is 17.6. The molecule has 125 valence electrons. The molecule has 0 saturated heterocycles. The van der Waals surface area contributed by atoms with E-state index in [1.807, 2.05) is 4.68 Å². The smallest absolute Gasteiger partial charge is 0.151 e. The van der Waals surface area contributed by atoms with Gasteiger partial charge in [0.05, 0.1) is 0 Å². The van der Waals surface area contributed by atoms with Crippen molar-refractivity contribution in [2.75, 3.05) is 0 Å². The number of aryl methyl sites for hydroxylation is 3. The third kappa shape index (κ3) is 6.93. The topological polar surface area (TPSA) is 43.6 Å². The number of unbranched alkanes of at least 4 members (excludes halogenated alkanes) is 6. The highest BCUT2D eigenvalue weighted by Gasteiger charge is 2.05. The highest BCUT2D eigenvalue weighted by atomic mass is 15.5. The third-order valence-corrected chi connectivity index (χ3v) is 4.18. The van der Waals surface area contributed by atoms with Gasteiger partial charge in [-0.2, -0.15) is 0 Å². The summed E-state index contributed by atoms with van der Waals surface area (Å²) in [6.07, 6.45) is 11.7. The van der Waals surface area contributed by atoms with Crippen molar-refractivity contribution < 1.29 is 0 Å². The van der Waals surface area contributed by atoms with E-state index in [0.29, 0.717) is 0 Å². The number of nitrogens with zero attached hydrogens (tertiary/aromatic N) is 4. The van der Waals surface area contributed by atoms with Crippen LogP contribution in [0.25, 0.3) is 0 Å². The summed E-state index contributed by atoms with van der Waals surface area (Å²) < 4.78 is 1.98. The molecule has 0 aliphatic heterocycles. The van der Waals surface area contributed by atoms with Crippen LogP contribution in [0.3, 0.4) is 0 Å². The van der Waals surface area contributed by atoms with E-state index < -0.39 is 0 Å². The molecule has 0 unspecified atom stereocenters. The molecule has 4 heteroatoms. The van der Waals surface area contributed by atoms with Gasteiger partial charge in [-0.15, -0.1) is 5.10 Å². The number of tetrazole rings is 1. The first-order chi connectivity index (χ1) is 11.4. The Kier molecular flexibility index (Phi) is 8.38. The number of benzene rings is 1. The van der Waals surface area contributed by atoms with Crippen molar-refractivity contribution in [3.63, 3.8) is 0 Å². The molecule has 0 amide bonds. The SMILES string of the molecule is [CH2]CCCCCn1nnnc1CCCCCCc1ccccc1. The van der Waals surface area contributed by atoms with Crippen LogP contribution in [0.5, 0.6) is 0 Å². The Balaban J connectivity index is 1.56. The van der Waals surface area contributed by atoms with E-state index in [1.165, 1.54) is 50.5 Å². The third-order valence-electron chi connectivity index (χ3n) is 4.18. The summed E-state index contributed by atoms with van der Waals surface area (Å²) in [4.78, 5) is 0. The van der Waals surface area contributed by atoms with Crippen molar-refractivity contribution in [3.8, 4) is 0 Å². The van der Waals surface area contributed by atoms with Crippen molar-refractivity contribution in [1.82, 2.24) is 20.2 Å². The van der Waals surface area contributed by atoms with Gasteiger partial charge >= 0.3 is 0 Å². The largest absolute Gasteiger partial charge is 0.230 e. The minimum Gasteiger partial charge on any atom is -0.230 e. The molecule has 4 nitrogen and oxygen atoms in total. The summed E-state index contributed by atoms with van der Waals surface area (Å²) >= 11 is 0. The van der Waals surface area contributed by atoms with Gasteiger partial charge in [-0.05, 0) is 41.7 Å². The fraction of sp³-hybridized carbons (Fsp3) is 0.579. The van der Waals surface area contributed by atoms with Gasteiger partial charge < -0.3 is 0 Å². The second-order valence-electron chi connectivity index (χ2n) is 6.13. The minimum absolute atomic E-state index is 0.941. The number of hydrogen-bond acceptors (Lipinski definition) is 3. The van der Waals surface area contributed by atoms with Crippen LogP contribution in [0, 0.1) is 6.92 Å². The van der Waals surface area contributed by atoms with E-state index in [4.69, 9.17) is 0 Å². The van der Waals surface area contributed by atoms with Crippen molar-refractivity contribution in [1.29, 1.82) is 0 Å². The molecule has 1 aromatic heterocycles.